The summed E-state index contributed by atoms with van der Waals surface area (Å²) in [6, 6.07) is 17.9. The van der Waals surface area contributed by atoms with E-state index >= 15 is 0 Å². The summed E-state index contributed by atoms with van der Waals surface area (Å²) >= 11 is 0. The highest BCUT2D eigenvalue weighted by Crippen LogP contribution is 2.28. The number of azo groups is 1. The number of fused-ring (bicyclic) bond motifs is 2. The molecule has 0 unspecified atom stereocenters. The van der Waals surface area contributed by atoms with E-state index in [1.165, 1.54) is 0 Å². The summed E-state index contributed by atoms with van der Waals surface area (Å²) in [5, 5.41) is 21.9. The van der Waals surface area contributed by atoms with Crippen LogP contribution in [0.1, 0.15) is 16.8 Å². The lowest BCUT2D eigenvalue weighted by atomic mass is 10.1. The average Bonchev–Trinajstić information content (AvgIpc) is 3.28. The van der Waals surface area contributed by atoms with E-state index < -0.39 is 0 Å². The lowest BCUT2D eigenvalue weighted by molar-refractivity contribution is 0.457. The first kappa shape index (κ1) is 17.1. The molecule has 0 saturated heterocycles. The van der Waals surface area contributed by atoms with Gasteiger partial charge in [-0.1, -0.05) is 23.8 Å². The maximum atomic E-state index is 10.4. The number of aromatic nitrogens is 2. The third-order valence-corrected chi connectivity index (χ3v) is 4.95. The first-order valence-electron chi connectivity index (χ1n) is 9.36. The molecule has 29 heavy (non-hydrogen) atoms. The number of aryl methyl sites for hydroxylation is 1. The Labute approximate surface area is 167 Å². The van der Waals surface area contributed by atoms with Crippen molar-refractivity contribution in [2.24, 2.45) is 10.2 Å². The van der Waals surface area contributed by atoms with Crippen molar-refractivity contribution >= 4 is 34.4 Å². The van der Waals surface area contributed by atoms with Gasteiger partial charge >= 0.3 is 0 Å². The van der Waals surface area contributed by atoms with Crippen molar-refractivity contribution in [2.45, 2.75) is 6.92 Å². The number of hydrogen-bond donors (Lipinski definition) is 2. The second-order valence-electron chi connectivity index (χ2n) is 7.03. The molecule has 2 aromatic heterocycles. The number of H-pyrrole nitrogens is 1. The van der Waals surface area contributed by atoms with Crippen molar-refractivity contribution in [1.82, 2.24) is 9.97 Å². The molecule has 0 aliphatic carbocycles. The van der Waals surface area contributed by atoms with Gasteiger partial charge < -0.3 is 10.1 Å². The number of aromatic hydroxyl groups is 1. The summed E-state index contributed by atoms with van der Waals surface area (Å²) in [4.78, 5) is 7.32. The van der Waals surface area contributed by atoms with E-state index in [-0.39, 0.29) is 5.88 Å². The van der Waals surface area contributed by atoms with E-state index in [9.17, 15) is 5.11 Å². The molecule has 2 aromatic carbocycles. The van der Waals surface area contributed by atoms with Gasteiger partial charge in [0.05, 0.1) is 17.1 Å². The lowest BCUT2D eigenvalue weighted by Crippen LogP contribution is -2.08. The largest absolute Gasteiger partial charge is 0.494 e. The maximum Gasteiger partial charge on any atom is 0.196 e. The number of nitrogens with zero attached hydrogens (tertiary/aromatic N) is 3. The Bertz CT molecular complexity index is 1410. The molecule has 2 N–H and O–H groups in total. The van der Waals surface area contributed by atoms with E-state index in [0.29, 0.717) is 0 Å². The summed E-state index contributed by atoms with van der Waals surface area (Å²) in [7, 11) is 0. The summed E-state index contributed by atoms with van der Waals surface area (Å²) in [6.07, 6.45) is 7.58. The number of benzene rings is 2. The molecule has 1 aliphatic heterocycles. The van der Waals surface area contributed by atoms with Gasteiger partial charge in [0.15, 0.2) is 5.88 Å². The molecule has 0 saturated carbocycles. The Balaban J connectivity index is 1.57. The van der Waals surface area contributed by atoms with Crippen LogP contribution in [0.4, 0.5) is 5.69 Å². The normalized spacial score (nSPS) is 13.7. The average molecular weight is 378 g/mol. The molecule has 0 radical (unpaired) electrons. The molecule has 4 aromatic rings. The lowest BCUT2D eigenvalue weighted by Gasteiger charge is -1.96. The first-order chi connectivity index (χ1) is 14.2. The smallest absolute Gasteiger partial charge is 0.196 e. The van der Waals surface area contributed by atoms with Crippen LogP contribution in [0, 0.1) is 6.92 Å². The number of aromatic amines is 1. The summed E-state index contributed by atoms with van der Waals surface area (Å²) in [6.45, 7) is 2.04. The van der Waals surface area contributed by atoms with Gasteiger partial charge in [-0.2, -0.15) is 0 Å². The molecule has 0 spiro atoms. The zero-order valence-corrected chi connectivity index (χ0v) is 15.8. The topological polar surface area (TPSA) is 73.6 Å². The van der Waals surface area contributed by atoms with E-state index in [0.717, 1.165) is 49.5 Å². The molecule has 0 bridgehead atoms. The van der Waals surface area contributed by atoms with E-state index in [4.69, 9.17) is 0 Å². The fourth-order valence-corrected chi connectivity index (χ4v) is 3.49. The van der Waals surface area contributed by atoms with Gasteiger partial charge in [-0.15, -0.1) is 10.2 Å². The highest BCUT2D eigenvalue weighted by atomic mass is 16.3. The van der Waals surface area contributed by atoms with Gasteiger partial charge in [-0.25, -0.2) is 0 Å². The minimum absolute atomic E-state index is 0.165. The first-order valence-corrected chi connectivity index (χ1v) is 9.36. The Morgan fingerprint density at radius 3 is 2.76 bits per heavy atom. The van der Waals surface area contributed by atoms with Gasteiger partial charge in [0.1, 0.15) is 0 Å². The minimum Gasteiger partial charge on any atom is -0.494 e. The van der Waals surface area contributed by atoms with Crippen LogP contribution in [0.15, 0.2) is 77.1 Å². The van der Waals surface area contributed by atoms with Crippen molar-refractivity contribution in [3.05, 3.63) is 94.1 Å². The van der Waals surface area contributed by atoms with Crippen molar-refractivity contribution in [3.63, 3.8) is 0 Å². The molecular formula is C24H18N4O. The van der Waals surface area contributed by atoms with Gasteiger partial charge in [0, 0.05) is 27.9 Å². The predicted molar refractivity (Wildman–Crippen MR) is 115 cm³/mol. The standard InChI is InChI=1S/C24H18N4O/c1-15-5-9-21-19(12-15)20(24(29)26-21)13-16-6-8-18-22(27-28-23(18)14-16)10-7-17-4-2-3-11-25-17/h2-14,26,29H,1H3/b10-7+,16-13?. The van der Waals surface area contributed by atoms with Crippen molar-refractivity contribution < 1.29 is 5.11 Å². The summed E-state index contributed by atoms with van der Waals surface area (Å²) in [5.74, 6) is 0.165. The molecule has 0 amide bonds. The molecule has 0 atom stereocenters. The van der Waals surface area contributed by atoms with Gasteiger partial charge in [0.2, 0.25) is 0 Å². The highest BCUT2D eigenvalue weighted by molar-refractivity contribution is 5.92. The molecule has 1 aliphatic rings. The number of pyridine rings is 1. The minimum atomic E-state index is 0.165. The SMILES string of the molecule is Cc1ccc2[nH]c(O)c(C=c3ccc4c(c3)N=NC=4/C=C/c3ccccn3)c2c1. The van der Waals surface area contributed by atoms with Gasteiger partial charge in [-0.3, -0.25) is 4.98 Å². The van der Waals surface area contributed by atoms with Crippen LogP contribution in [-0.2, 0) is 0 Å². The zero-order chi connectivity index (χ0) is 19.8. The van der Waals surface area contributed by atoms with E-state index in [1.807, 2.05) is 73.7 Å². The number of hydrogen-bond acceptors (Lipinski definition) is 4. The molecule has 5 heteroatoms. The van der Waals surface area contributed by atoms with E-state index in [1.54, 1.807) is 6.20 Å². The molecule has 5 rings (SSSR count). The van der Waals surface area contributed by atoms with Crippen LogP contribution in [-0.4, -0.2) is 15.1 Å². The van der Waals surface area contributed by atoms with Crippen LogP contribution in [0.25, 0.3) is 28.8 Å². The number of nitrogens with one attached hydrogen (secondary N) is 1. The maximum absolute atomic E-state index is 10.4. The third-order valence-electron chi connectivity index (χ3n) is 4.95. The third kappa shape index (κ3) is 3.23. The molecule has 0 fully saturated rings. The Hall–Kier alpha value is -3.99. The monoisotopic (exact) mass is 378 g/mol. The second kappa shape index (κ2) is 6.87. The van der Waals surface area contributed by atoms with Crippen molar-refractivity contribution in [2.75, 3.05) is 0 Å². The van der Waals surface area contributed by atoms with Crippen LogP contribution in [0.5, 0.6) is 5.88 Å². The highest BCUT2D eigenvalue weighted by Gasteiger charge is 2.10. The van der Waals surface area contributed by atoms with Crippen LogP contribution >= 0.6 is 0 Å². The molecule has 3 heterocycles. The molecule has 140 valence electrons. The van der Waals surface area contributed by atoms with E-state index in [2.05, 4.69) is 26.3 Å². The van der Waals surface area contributed by atoms with Gasteiger partial charge in [0.25, 0.3) is 0 Å². The molecular weight excluding hydrogens is 360 g/mol. The van der Waals surface area contributed by atoms with Crippen molar-refractivity contribution in [3.8, 4) is 5.88 Å². The molecule has 5 nitrogen and oxygen atoms in total. The fourth-order valence-electron chi connectivity index (χ4n) is 3.49. The Kier molecular flexibility index (Phi) is 4.06. The Morgan fingerprint density at radius 2 is 1.90 bits per heavy atom. The number of rotatable bonds is 3. The van der Waals surface area contributed by atoms with Gasteiger partial charge in [-0.05, 0) is 66.8 Å². The quantitative estimate of drug-likeness (QED) is 0.557. The zero-order valence-electron chi connectivity index (χ0n) is 15.8. The van der Waals surface area contributed by atoms with Crippen molar-refractivity contribution in [1.29, 1.82) is 0 Å². The predicted octanol–water partition coefficient (Wildman–Crippen LogP) is 4.32. The van der Waals surface area contributed by atoms with Crippen LogP contribution in [0.2, 0.25) is 0 Å². The van der Waals surface area contributed by atoms with Crippen LogP contribution in [0.3, 0.4) is 0 Å². The Morgan fingerprint density at radius 1 is 0.966 bits per heavy atom. The fraction of sp³-hybridized carbons (Fsp3) is 0.0417. The van der Waals surface area contributed by atoms with Crippen LogP contribution < -0.4 is 10.4 Å². The second-order valence-corrected chi connectivity index (χ2v) is 7.03. The summed E-state index contributed by atoms with van der Waals surface area (Å²) in [5.41, 5.74) is 5.33. The summed E-state index contributed by atoms with van der Waals surface area (Å²) < 4.78 is 0.